The highest BCUT2D eigenvalue weighted by Crippen LogP contribution is 2.14. The Labute approximate surface area is 73.5 Å². The molecule has 1 aliphatic carbocycles. The van der Waals surface area contributed by atoms with Gasteiger partial charge >= 0.3 is 0 Å². The lowest BCUT2D eigenvalue weighted by Crippen LogP contribution is -2.49. The molecule has 0 heterocycles. The molecule has 6 heteroatoms. The maximum Gasteiger partial charge on any atom is 0.152 e. The monoisotopic (exact) mass is 185 g/mol. The van der Waals surface area contributed by atoms with Crippen molar-refractivity contribution < 1.29 is 24.6 Å². The van der Waals surface area contributed by atoms with Crippen LogP contribution in [-0.4, -0.2) is 29.8 Å². The minimum Gasteiger partial charge on any atom is -0.550 e. The molecule has 6 nitrogen and oxygen atoms in total. The second-order valence-electron chi connectivity index (χ2n) is 2.84. The zero-order valence-electron chi connectivity index (χ0n) is 6.61. The van der Waals surface area contributed by atoms with Gasteiger partial charge in [0.1, 0.15) is 0 Å². The van der Waals surface area contributed by atoms with E-state index in [0.29, 0.717) is 0 Å². The minimum absolute atomic E-state index is 0.121. The van der Waals surface area contributed by atoms with Crippen LogP contribution in [0.5, 0.6) is 0 Å². The molecule has 1 fully saturated rings. The fourth-order valence-electron chi connectivity index (χ4n) is 0.914. The number of Topliss-reactive ketones (excluding diaryl/α,β-unsaturated/α-hetero) is 1. The summed E-state index contributed by atoms with van der Waals surface area (Å²) in [5.41, 5.74) is 0. The normalized spacial score (nSPS) is 22.5. The maximum atomic E-state index is 10.5. The third-order valence-electron chi connectivity index (χ3n) is 1.69. The summed E-state index contributed by atoms with van der Waals surface area (Å²) < 4.78 is 0. The largest absolute Gasteiger partial charge is 0.550 e. The highest BCUT2D eigenvalue weighted by atomic mass is 16.4. The number of rotatable bonds is 5. The van der Waals surface area contributed by atoms with Crippen LogP contribution in [0.25, 0.3) is 0 Å². The summed E-state index contributed by atoms with van der Waals surface area (Å²) in [5, 5.41) is 22.7. The first-order valence-corrected chi connectivity index (χ1v) is 3.70. The lowest BCUT2D eigenvalue weighted by Gasteiger charge is -2.18. The first-order chi connectivity index (χ1) is 6.00. The summed E-state index contributed by atoms with van der Waals surface area (Å²) in [5.74, 6) is -3.15. The van der Waals surface area contributed by atoms with Crippen molar-refractivity contribution in [3.05, 3.63) is 0 Å². The van der Waals surface area contributed by atoms with Gasteiger partial charge in [-0.1, -0.05) is 0 Å². The van der Waals surface area contributed by atoms with Crippen molar-refractivity contribution in [3.63, 3.8) is 0 Å². The number of nitrogens with one attached hydrogen (secondary N) is 1. The Morgan fingerprint density at radius 2 is 2.08 bits per heavy atom. The Kier molecular flexibility index (Phi) is 2.62. The van der Waals surface area contributed by atoms with Gasteiger partial charge in [-0.05, 0) is 0 Å². The Bertz CT molecular complexity index is 262. The molecule has 0 spiro atoms. The number of carboxylic acids is 2. The van der Waals surface area contributed by atoms with Crippen molar-refractivity contribution in [1.82, 2.24) is 5.32 Å². The van der Waals surface area contributed by atoms with E-state index in [4.69, 9.17) is 0 Å². The van der Waals surface area contributed by atoms with Gasteiger partial charge in [0, 0.05) is 18.8 Å². The molecule has 0 aromatic carbocycles. The van der Waals surface area contributed by atoms with Crippen LogP contribution in [0.2, 0.25) is 0 Å². The maximum absolute atomic E-state index is 10.5. The van der Waals surface area contributed by atoms with Gasteiger partial charge in [0.05, 0.1) is 18.1 Å². The molecule has 0 aromatic rings. The van der Waals surface area contributed by atoms with Crippen LogP contribution in [0.15, 0.2) is 0 Å². The molecule has 0 aromatic heterocycles. The van der Waals surface area contributed by atoms with E-state index in [0.717, 1.165) is 0 Å². The number of carbonyl (C=O) groups is 3. The zero-order valence-corrected chi connectivity index (χ0v) is 6.61. The molecule has 0 amide bonds. The summed E-state index contributed by atoms with van der Waals surface area (Å²) in [6, 6.07) is -1.87. The summed E-state index contributed by atoms with van der Waals surface area (Å²) in [7, 11) is 0. The highest BCUT2D eigenvalue weighted by molar-refractivity contribution is 6.00. The molecule has 1 saturated carbocycles. The average molecular weight is 185 g/mol. The van der Waals surface area contributed by atoms with E-state index in [2.05, 4.69) is 5.32 Å². The number of hydrogen-bond acceptors (Lipinski definition) is 6. The zero-order chi connectivity index (χ0) is 10.0. The smallest absolute Gasteiger partial charge is 0.152 e. The molecule has 0 saturated heterocycles. The van der Waals surface area contributed by atoms with Crippen molar-refractivity contribution in [3.8, 4) is 0 Å². The van der Waals surface area contributed by atoms with Gasteiger partial charge in [-0.2, -0.15) is 0 Å². The molecule has 2 unspecified atom stereocenters. The molecule has 1 N–H and O–H groups in total. The molecule has 1 rings (SSSR count). The molecule has 0 bridgehead atoms. The Morgan fingerprint density at radius 3 is 2.38 bits per heavy atom. The van der Waals surface area contributed by atoms with Crippen molar-refractivity contribution in [2.24, 2.45) is 0 Å². The standard InChI is InChI=1S/C7H9NO5/c9-5-1-3(5)8-4(7(12)13)2-6(10)11/h3-4,8H,1-2H2,(H,10,11)(H,12,13)/p-2. The number of carbonyl (C=O) groups excluding carboxylic acids is 3. The first kappa shape index (κ1) is 9.66. The fourth-order valence-corrected chi connectivity index (χ4v) is 0.914. The van der Waals surface area contributed by atoms with Gasteiger partial charge in [0.25, 0.3) is 0 Å². The molecule has 0 aliphatic heterocycles. The van der Waals surface area contributed by atoms with E-state index in [1.54, 1.807) is 0 Å². The summed E-state index contributed by atoms with van der Waals surface area (Å²) in [4.78, 5) is 30.9. The van der Waals surface area contributed by atoms with E-state index in [-0.39, 0.29) is 12.2 Å². The molecular formula is C7H7NO5-2. The van der Waals surface area contributed by atoms with E-state index in [1.165, 1.54) is 0 Å². The van der Waals surface area contributed by atoms with Gasteiger partial charge in [-0.15, -0.1) is 0 Å². The lowest BCUT2D eigenvalue weighted by atomic mass is 10.2. The number of ketones is 1. The Hall–Kier alpha value is -1.43. The summed E-state index contributed by atoms with van der Waals surface area (Å²) in [6.07, 6.45) is -0.442. The second-order valence-corrected chi connectivity index (χ2v) is 2.84. The predicted octanol–water partition coefficient (Wildman–Crippen LogP) is -3.82. The number of hydrogen-bond donors (Lipinski definition) is 1. The SMILES string of the molecule is O=C([O-])CC(NC1CC1=O)C(=O)[O-]. The second kappa shape index (κ2) is 3.53. The van der Waals surface area contributed by atoms with Crippen LogP contribution in [0.1, 0.15) is 12.8 Å². The fraction of sp³-hybridized carbons (Fsp3) is 0.571. The van der Waals surface area contributed by atoms with Gasteiger partial charge < -0.3 is 19.8 Å². The van der Waals surface area contributed by atoms with Crippen LogP contribution >= 0.6 is 0 Å². The van der Waals surface area contributed by atoms with Crippen molar-refractivity contribution in [1.29, 1.82) is 0 Å². The minimum atomic E-state index is -1.54. The average Bonchev–Trinajstić information content (AvgIpc) is 2.64. The lowest BCUT2D eigenvalue weighted by molar-refractivity contribution is -0.317. The summed E-state index contributed by atoms with van der Waals surface area (Å²) in [6.45, 7) is 0. The first-order valence-electron chi connectivity index (χ1n) is 3.70. The van der Waals surface area contributed by atoms with Crippen LogP contribution < -0.4 is 15.5 Å². The highest BCUT2D eigenvalue weighted by Gasteiger charge is 2.36. The molecular weight excluding hydrogens is 178 g/mol. The van der Waals surface area contributed by atoms with Crippen LogP contribution in [-0.2, 0) is 14.4 Å². The van der Waals surface area contributed by atoms with Crippen molar-refractivity contribution in [2.45, 2.75) is 24.9 Å². The molecule has 2 atom stereocenters. The molecule has 13 heavy (non-hydrogen) atoms. The Balaban J connectivity index is 2.42. The van der Waals surface area contributed by atoms with E-state index in [9.17, 15) is 24.6 Å². The predicted molar refractivity (Wildman–Crippen MR) is 35.0 cm³/mol. The van der Waals surface area contributed by atoms with E-state index >= 15 is 0 Å². The van der Waals surface area contributed by atoms with Gasteiger partial charge in [0.15, 0.2) is 5.78 Å². The van der Waals surface area contributed by atoms with Gasteiger partial charge in [-0.3, -0.25) is 10.1 Å². The number of carboxylic acid groups (broad SMARTS) is 2. The van der Waals surface area contributed by atoms with Gasteiger partial charge in [0.2, 0.25) is 0 Å². The van der Waals surface area contributed by atoms with Crippen LogP contribution in [0.3, 0.4) is 0 Å². The third kappa shape index (κ3) is 2.83. The van der Waals surface area contributed by atoms with E-state index in [1.807, 2.05) is 0 Å². The Morgan fingerprint density at radius 1 is 1.54 bits per heavy atom. The van der Waals surface area contributed by atoms with E-state index < -0.39 is 30.4 Å². The van der Waals surface area contributed by atoms with Crippen LogP contribution in [0.4, 0.5) is 0 Å². The number of aliphatic carboxylic acids is 2. The van der Waals surface area contributed by atoms with Crippen molar-refractivity contribution >= 4 is 17.7 Å². The van der Waals surface area contributed by atoms with Gasteiger partial charge in [-0.25, -0.2) is 0 Å². The molecule has 72 valence electrons. The quantitative estimate of drug-likeness (QED) is 0.470. The summed E-state index contributed by atoms with van der Waals surface area (Å²) >= 11 is 0. The molecule has 1 aliphatic rings. The van der Waals surface area contributed by atoms with Crippen LogP contribution in [0, 0.1) is 0 Å². The topological polar surface area (TPSA) is 109 Å². The van der Waals surface area contributed by atoms with Crippen molar-refractivity contribution in [2.75, 3.05) is 0 Å². The third-order valence-corrected chi connectivity index (χ3v) is 1.69. The molecule has 0 radical (unpaired) electrons.